The number of benzene rings is 1. The highest BCUT2D eigenvalue weighted by Crippen LogP contribution is 2.33. The SMILES string of the molecule is CC(C)(Cc1c(F)ccc(Br)c1Cl)C(=O)O. The van der Waals surface area contributed by atoms with Gasteiger partial charge in [-0.05, 0) is 48.3 Å². The van der Waals surface area contributed by atoms with Crippen molar-refractivity contribution in [3.8, 4) is 0 Å². The molecule has 5 heteroatoms. The largest absolute Gasteiger partial charge is 0.481 e. The van der Waals surface area contributed by atoms with Crippen LogP contribution in [0.15, 0.2) is 16.6 Å². The van der Waals surface area contributed by atoms with Crippen molar-refractivity contribution in [2.24, 2.45) is 5.41 Å². The highest BCUT2D eigenvalue weighted by atomic mass is 79.9. The van der Waals surface area contributed by atoms with Crippen LogP contribution in [0.4, 0.5) is 4.39 Å². The van der Waals surface area contributed by atoms with Gasteiger partial charge >= 0.3 is 5.97 Å². The molecular formula is C11H11BrClFO2. The summed E-state index contributed by atoms with van der Waals surface area (Å²) in [5.41, 5.74) is -0.825. The summed E-state index contributed by atoms with van der Waals surface area (Å²) in [7, 11) is 0. The molecule has 1 aromatic carbocycles. The fourth-order valence-corrected chi connectivity index (χ4v) is 1.84. The van der Waals surface area contributed by atoms with Crippen LogP contribution in [0.5, 0.6) is 0 Å². The van der Waals surface area contributed by atoms with Crippen LogP contribution in [0.25, 0.3) is 0 Å². The zero-order chi connectivity index (χ0) is 12.5. The number of carboxylic acids is 1. The van der Waals surface area contributed by atoms with Gasteiger partial charge < -0.3 is 5.11 Å². The van der Waals surface area contributed by atoms with Crippen LogP contribution in [0.3, 0.4) is 0 Å². The van der Waals surface area contributed by atoms with Crippen LogP contribution in [0.2, 0.25) is 5.02 Å². The van der Waals surface area contributed by atoms with Crippen molar-refractivity contribution < 1.29 is 14.3 Å². The Bertz CT molecular complexity index is 432. The van der Waals surface area contributed by atoms with Gasteiger partial charge in [-0.1, -0.05) is 11.6 Å². The summed E-state index contributed by atoms with van der Waals surface area (Å²) in [4.78, 5) is 11.0. The average Bonchev–Trinajstić information content (AvgIpc) is 2.18. The minimum atomic E-state index is -1.05. The lowest BCUT2D eigenvalue weighted by Gasteiger charge is -2.20. The van der Waals surface area contributed by atoms with Crippen LogP contribution >= 0.6 is 27.5 Å². The van der Waals surface area contributed by atoms with E-state index in [0.717, 1.165) is 0 Å². The van der Waals surface area contributed by atoms with Crippen LogP contribution in [-0.4, -0.2) is 11.1 Å². The van der Waals surface area contributed by atoms with Crippen LogP contribution < -0.4 is 0 Å². The van der Waals surface area contributed by atoms with Crippen molar-refractivity contribution in [3.63, 3.8) is 0 Å². The monoisotopic (exact) mass is 308 g/mol. The van der Waals surface area contributed by atoms with Gasteiger partial charge in [0.15, 0.2) is 0 Å². The molecule has 0 atom stereocenters. The van der Waals surface area contributed by atoms with E-state index in [4.69, 9.17) is 16.7 Å². The van der Waals surface area contributed by atoms with Gasteiger partial charge in [0.1, 0.15) is 5.82 Å². The molecule has 0 saturated heterocycles. The third kappa shape index (κ3) is 2.74. The molecule has 0 spiro atoms. The minimum absolute atomic E-state index is 0.0481. The van der Waals surface area contributed by atoms with Gasteiger partial charge in [0, 0.05) is 10.0 Å². The molecule has 0 aliphatic heterocycles. The molecule has 0 heterocycles. The summed E-state index contributed by atoms with van der Waals surface area (Å²) in [5.74, 6) is -1.47. The van der Waals surface area contributed by atoms with E-state index in [9.17, 15) is 9.18 Å². The van der Waals surface area contributed by atoms with Gasteiger partial charge in [-0.2, -0.15) is 0 Å². The highest BCUT2D eigenvalue weighted by molar-refractivity contribution is 9.10. The smallest absolute Gasteiger partial charge is 0.309 e. The molecule has 0 amide bonds. The number of hydrogen-bond donors (Lipinski definition) is 1. The Kier molecular flexibility index (Phi) is 3.97. The van der Waals surface area contributed by atoms with Gasteiger partial charge in [0.2, 0.25) is 0 Å². The lowest BCUT2D eigenvalue weighted by atomic mass is 9.86. The van der Waals surface area contributed by atoms with Crippen LogP contribution in [0.1, 0.15) is 19.4 Å². The summed E-state index contributed by atoms with van der Waals surface area (Å²) in [5, 5.41) is 9.21. The second kappa shape index (κ2) is 4.72. The van der Waals surface area contributed by atoms with E-state index in [1.165, 1.54) is 26.0 Å². The Balaban J connectivity index is 3.15. The minimum Gasteiger partial charge on any atom is -0.481 e. The van der Waals surface area contributed by atoms with Crippen molar-refractivity contribution in [2.75, 3.05) is 0 Å². The molecule has 1 aromatic rings. The second-order valence-corrected chi connectivity index (χ2v) is 5.42. The fraction of sp³-hybridized carbons (Fsp3) is 0.364. The zero-order valence-electron chi connectivity index (χ0n) is 8.85. The predicted molar refractivity (Wildman–Crippen MR) is 64.2 cm³/mol. The van der Waals surface area contributed by atoms with Crippen molar-refractivity contribution in [1.82, 2.24) is 0 Å². The summed E-state index contributed by atoms with van der Waals surface area (Å²) in [6.45, 7) is 3.07. The Hall–Kier alpha value is -0.610. The fourth-order valence-electron chi connectivity index (χ4n) is 1.25. The molecule has 2 nitrogen and oxygen atoms in total. The first-order chi connectivity index (χ1) is 7.25. The number of hydrogen-bond acceptors (Lipinski definition) is 1. The predicted octanol–water partition coefficient (Wildman–Crippen LogP) is 3.89. The molecule has 0 radical (unpaired) electrons. The van der Waals surface area contributed by atoms with E-state index in [0.29, 0.717) is 4.47 Å². The topological polar surface area (TPSA) is 37.3 Å². The third-order valence-corrected chi connectivity index (χ3v) is 3.66. The van der Waals surface area contributed by atoms with Gasteiger partial charge in [0.25, 0.3) is 0 Å². The number of aliphatic carboxylic acids is 1. The molecule has 0 fully saturated rings. The Morgan fingerprint density at radius 2 is 2.12 bits per heavy atom. The van der Waals surface area contributed by atoms with Crippen molar-refractivity contribution in [1.29, 1.82) is 0 Å². The molecule has 0 aliphatic carbocycles. The number of halogens is 3. The zero-order valence-corrected chi connectivity index (χ0v) is 11.2. The van der Waals surface area contributed by atoms with Crippen LogP contribution in [-0.2, 0) is 11.2 Å². The van der Waals surface area contributed by atoms with Crippen molar-refractivity contribution in [3.05, 3.63) is 33.0 Å². The summed E-state index contributed by atoms with van der Waals surface area (Å²) in [6.07, 6.45) is 0.0481. The van der Waals surface area contributed by atoms with Gasteiger partial charge in [0.05, 0.1) is 10.4 Å². The molecule has 16 heavy (non-hydrogen) atoms. The van der Waals surface area contributed by atoms with Gasteiger partial charge in [-0.3, -0.25) is 4.79 Å². The normalized spacial score (nSPS) is 11.6. The molecule has 1 rings (SSSR count). The first kappa shape index (κ1) is 13.5. The van der Waals surface area contributed by atoms with E-state index in [1.807, 2.05) is 0 Å². The number of rotatable bonds is 3. The first-order valence-electron chi connectivity index (χ1n) is 4.61. The first-order valence-corrected chi connectivity index (χ1v) is 5.78. The quantitative estimate of drug-likeness (QED) is 0.860. The molecule has 0 bridgehead atoms. The summed E-state index contributed by atoms with van der Waals surface area (Å²) >= 11 is 9.11. The number of carboxylic acid groups (broad SMARTS) is 1. The molecule has 1 N–H and O–H groups in total. The Morgan fingerprint density at radius 1 is 1.56 bits per heavy atom. The lowest BCUT2D eigenvalue weighted by Crippen LogP contribution is -2.26. The maximum absolute atomic E-state index is 13.5. The maximum atomic E-state index is 13.5. The molecule has 0 saturated carbocycles. The van der Waals surface area contributed by atoms with Crippen molar-refractivity contribution >= 4 is 33.5 Å². The van der Waals surface area contributed by atoms with Crippen molar-refractivity contribution in [2.45, 2.75) is 20.3 Å². The van der Waals surface area contributed by atoms with E-state index in [2.05, 4.69) is 15.9 Å². The third-order valence-electron chi connectivity index (χ3n) is 2.34. The Morgan fingerprint density at radius 3 is 2.62 bits per heavy atom. The maximum Gasteiger partial charge on any atom is 0.309 e. The highest BCUT2D eigenvalue weighted by Gasteiger charge is 2.30. The van der Waals surface area contributed by atoms with Crippen LogP contribution in [0, 0.1) is 11.2 Å². The molecule has 0 unspecified atom stereocenters. The average molecular weight is 310 g/mol. The van der Waals surface area contributed by atoms with Gasteiger partial charge in [-0.25, -0.2) is 4.39 Å². The number of carbonyl (C=O) groups is 1. The van der Waals surface area contributed by atoms with Gasteiger partial charge in [-0.15, -0.1) is 0 Å². The summed E-state index contributed by atoms with van der Waals surface area (Å²) < 4.78 is 14.1. The van der Waals surface area contributed by atoms with E-state index >= 15 is 0 Å². The van der Waals surface area contributed by atoms with E-state index < -0.39 is 17.2 Å². The molecule has 88 valence electrons. The molecule has 0 aromatic heterocycles. The second-order valence-electron chi connectivity index (χ2n) is 4.19. The summed E-state index contributed by atoms with van der Waals surface area (Å²) in [6, 6.07) is 2.76. The standard InChI is InChI=1S/C11H11BrClFO2/c1-11(2,10(15)16)5-6-8(14)4-3-7(12)9(6)13/h3-4H,5H2,1-2H3,(H,15,16). The van der Waals surface area contributed by atoms with E-state index in [1.54, 1.807) is 0 Å². The van der Waals surface area contributed by atoms with E-state index in [-0.39, 0.29) is 17.0 Å². The molecule has 0 aliphatic rings. The Labute approximate surface area is 107 Å². The lowest BCUT2D eigenvalue weighted by molar-refractivity contribution is -0.146. The molecular weight excluding hydrogens is 298 g/mol.